The summed E-state index contributed by atoms with van der Waals surface area (Å²) in [5, 5.41) is 4.44. The SMILES string of the molecule is Cc1ccc(C)n1-c1cc(C(C)(F)F)n([C@@H]2CCOC2)n1. The zero-order valence-corrected chi connectivity index (χ0v) is 12.4. The summed E-state index contributed by atoms with van der Waals surface area (Å²) in [5.74, 6) is -2.39. The van der Waals surface area contributed by atoms with E-state index < -0.39 is 5.92 Å². The zero-order valence-electron chi connectivity index (χ0n) is 12.4. The van der Waals surface area contributed by atoms with E-state index in [0.29, 0.717) is 25.5 Å². The summed E-state index contributed by atoms with van der Waals surface area (Å²) >= 11 is 0. The molecule has 1 fully saturated rings. The van der Waals surface area contributed by atoms with Crippen LogP contribution in [0.25, 0.3) is 5.82 Å². The van der Waals surface area contributed by atoms with Crippen molar-refractivity contribution in [3.63, 3.8) is 0 Å². The van der Waals surface area contributed by atoms with Crippen molar-refractivity contribution in [1.82, 2.24) is 14.3 Å². The van der Waals surface area contributed by atoms with Crippen molar-refractivity contribution in [2.45, 2.75) is 39.2 Å². The fraction of sp³-hybridized carbons (Fsp3) is 0.533. The lowest BCUT2D eigenvalue weighted by Crippen LogP contribution is -2.20. The van der Waals surface area contributed by atoms with Crippen LogP contribution < -0.4 is 0 Å². The van der Waals surface area contributed by atoms with Crippen LogP contribution in [0.15, 0.2) is 18.2 Å². The second-order valence-corrected chi connectivity index (χ2v) is 5.69. The fourth-order valence-corrected chi connectivity index (χ4v) is 2.84. The number of aryl methyl sites for hydroxylation is 2. The maximum atomic E-state index is 13.9. The standard InChI is InChI=1S/C15H19F2N3O/c1-10-4-5-11(2)19(10)14-8-13(15(3,16)17)20(18-14)12-6-7-21-9-12/h4-5,8,12H,6-7,9H2,1-3H3/t12-/m1/s1. The van der Waals surface area contributed by atoms with Gasteiger partial charge in [-0.25, -0.2) is 0 Å². The van der Waals surface area contributed by atoms with E-state index >= 15 is 0 Å². The molecule has 0 bridgehead atoms. The molecule has 1 saturated heterocycles. The van der Waals surface area contributed by atoms with Gasteiger partial charge in [0.1, 0.15) is 5.69 Å². The van der Waals surface area contributed by atoms with Gasteiger partial charge in [-0.3, -0.25) is 4.68 Å². The molecule has 0 radical (unpaired) electrons. The Kier molecular flexibility index (Phi) is 3.36. The van der Waals surface area contributed by atoms with Crippen LogP contribution >= 0.6 is 0 Å². The first kappa shape index (κ1) is 14.3. The maximum Gasteiger partial charge on any atom is 0.286 e. The lowest BCUT2D eigenvalue weighted by atomic mass is 10.2. The van der Waals surface area contributed by atoms with Crippen molar-refractivity contribution in [2.24, 2.45) is 0 Å². The molecule has 0 aromatic carbocycles. The molecule has 0 amide bonds. The molecule has 21 heavy (non-hydrogen) atoms. The van der Waals surface area contributed by atoms with Gasteiger partial charge in [-0.15, -0.1) is 0 Å². The van der Waals surface area contributed by atoms with E-state index in [9.17, 15) is 8.78 Å². The Balaban J connectivity index is 2.12. The predicted molar refractivity (Wildman–Crippen MR) is 75.1 cm³/mol. The Bertz CT molecular complexity index is 629. The van der Waals surface area contributed by atoms with Gasteiger partial charge in [-0.05, 0) is 32.4 Å². The number of hydrogen-bond donors (Lipinski definition) is 0. The van der Waals surface area contributed by atoms with Gasteiger partial charge in [0, 0.05) is 31.0 Å². The van der Waals surface area contributed by atoms with E-state index in [1.54, 1.807) is 0 Å². The van der Waals surface area contributed by atoms with Gasteiger partial charge in [-0.2, -0.15) is 13.9 Å². The van der Waals surface area contributed by atoms with Crippen LogP contribution in [0.2, 0.25) is 0 Å². The van der Waals surface area contributed by atoms with Crippen molar-refractivity contribution in [1.29, 1.82) is 0 Å². The van der Waals surface area contributed by atoms with E-state index in [4.69, 9.17) is 4.74 Å². The average Bonchev–Trinajstić information content (AvgIpc) is 3.07. The van der Waals surface area contributed by atoms with E-state index in [1.165, 1.54) is 10.7 Å². The first-order valence-corrected chi connectivity index (χ1v) is 7.09. The summed E-state index contributed by atoms with van der Waals surface area (Å²) in [5.41, 5.74) is 1.90. The minimum absolute atomic E-state index is 0.0551. The van der Waals surface area contributed by atoms with E-state index in [-0.39, 0.29) is 11.7 Å². The Hall–Kier alpha value is -1.69. The number of alkyl halides is 2. The van der Waals surface area contributed by atoms with Gasteiger partial charge in [0.2, 0.25) is 0 Å². The van der Waals surface area contributed by atoms with Crippen LogP contribution in [0.1, 0.15) is 36.5 Å². The van der Waals surface area contributed by atoms with Crippen LogP contribution in [0.5, 0.6) is 0 Å². The van der Waals surface area contributed by atoms with Gasteiger partial charge in [0.15, 0.2) is 5.82 Å². The number of ether oxygens (including phenoxy) is 1. The highest BCUT2D eigenvalue weighted by Gasteiger charge is 2.34. The van der Waals surface area contributed by atoms with Crippen molar-refractivity contribution >= 4 is 0 Å². The van der Waals surface area contributed by atoms with Crippen LogP contribution in [-0.2, 0) is 10.7 Å². The minimum Gasteiger partial charge on any atom is -0.379 e. The molecule has 6 heteroatoms. The van der Waals surface area contributed by atoms with Crippen molar-refractivity contribution < 1.29 is 13.5 Å². The van der Waals surface area contributed by atoms with Gasteiger partial charge < -0.3 is 9.30 Å². The normalized spacial score (nSPS) is 19.4. The number of aromatic nitrogens is 3. The van der Waals surface area contributed by atoms with Crippen molar-refractivity contribution in [3.05, 3.63) is 35.3 Å². The number of nitrogens with zero attached hydrogens (tertiary/aromatic N) is 3. The quantitative estimate of drug-likeness (QED) is 0.869. The average molecular weight is 295 g/mol. The lowest BCUT2D eigenvalue weighted by molar-refractivity contribution is 0.00581. The van der Waals surface area contributed by atoms with E-state index in [0.717, 1.165) is 18.3 Å². The number of halogens is 2. The molecule has 1 atom stereocenters. The third-order valence-corrected chi connectivity index (χ3v) is 3.92. The van der Waals surface area contributed by atoms with Crippen molar-refractivity contribution in [3.8, 4) is 5.82 Å². The maximum absolute atomic E-state index is 13.9. The molecule has 1 aliphatic rings. The first-order valence-electron chi connectivity index (χ1n) is 7.09. The van der Waals surface area contributed by atoms with Crippen molar-refractivity contribution in [2.75, 3.05) is 13.2 Å². The highest BCUT2D eigenvalue weighted by molar-refractivity contribution is 5.34. The van der Waals surface area contributed by atoms with Gasteiger partial charge >= 0.3 is 0 Å². The summed E-state index contributed by atoms with van der Waals surface area (Å²) in [4.78, 5) is 0. The molecule has 4 nitrogen and oxygen atoms in total. The monoisotopic (exact) mass is 295 g/mol. The molecular formula is C15H19F2N3O. The second kappa shape index (κ2) is 4.94. The molecule has 0 unspecified atom stereocenters. The molecule has 0 spiro atoms. The van der Waals surface area contributed by atoms with Gasteiger partial charge in [0.25, 0.3) is 5.92 Å². The summed E-state index contributed by atoms with van der Waals surface area (Å²) in [6.45, 7) is 5.82. The molecule has 0 saturated carbocycles. The topological polar surface area (TPSA) is 32.0 Å². The lowest BCUT2D eigenvalue weighted by Gasteiger charge is -2.16. The number of rotatable bonds is 3. The van der Waals surface area contributed by atoms with Crippen LogP contribution in [-0.4, -0.2) is 27.6 Å². The summed E-state index contributed by atoms with van der Waals surface area (Å²) in [6.07, 6.45) is 0.716. The van der Waals surface area contributed by atoms with Gasteiger partial charge in [-0.1, -0.05) is 0 Å². The smallest absolute Gasteiger partial charge is 0.286 e. The molecule has 2 aromatic rings. The highest BCUT2D eigenvalue weighted by atomic mass is 19.3. The van der Waals surface area contributed by atoms with Gasteiger partial charge in [0.05, 0.1) is 12.6 Å². The Morgan fingerprint density at radius 3 is 2.48 bits per heavy atom. The Morgan fingerprint density at radius 1 is 1.29 bits per heavy atom. The third-order valence-electron chi connectivity index (χ3n) is 3.92. The predicted octanol–water partition coefficient (Wildman–Crippen LogP) is 3.36. The first-order chi connectivity index (χ1) is 9.88. The van der Waals surface area contributed by atoms with E-state index in [1.807, 2.05) is 30.5 Å². The molecule has 0 N–H and O–H groups in total. The molecule has 1 aliphatic heterocycles. The summed E-state index contributed by atoms with van der Waals surface area (Å²) < 4.78 is 36.5. The summed E-state index contributed by atoms with van der Waals surface area (Å²) in [6, 6.07) is 5.28. The molecule has 2 aromatic heterocycles. The highest BCUT2D eigenvalue weighted by Crippen LogP contribution is 2.33. The molecule has 0 aliphatic carbocycles. The Labute approximate surface area is 122 Å². The molecule has 3 rings (SSSR count). The third kappa shape index (κ3) is 2.48. The van der Waals surface area contributed by atoms with Crippen LogP contribution in [0.4, 0.5) is 8.78 Å². The summed E-state index contributed by atoms with van der Waals surface area (Å²) in [7, 11) is 0. The minimum atomic E-state index is -2.93. The fourth-order valence-electron chi connectivity index (χ4n) is 2.84. The molecular weight excluding hydrogens is 276 g/mol. The second-order valence-electron chi connectivity index (χ2n) is 5.69. The largest absolute Gasteiger partial charge is 0.379 e. The Morgan fingerprint density at radius 2 is 1.95 bits per heavy atom. The van der Waals surface area contributed by atoms with E-state index in [2.05, 4.69) is 5.10 Å². The van der Waals surface area contributed by atoms with Crippen LogP contribution in [0, 0.1) is 13.8 Å². The number of hydrogen-bond acceptors (Lipinski definition) is 2. The van der Waals surface area contributed by atoms with Crippen LogP contribution in [0.3, 0.4) is 0 Å². The molecule has 3 heterocycles. The zero-order chi connectivity index (χ0) is 15.2. The molecule has 114 valence electrons.